The van der Waals surface area contributed by atoms with E-state index < -0.39 is 0 Å². The number of hydrogen-bond acceptors (Lipinski definition) is 5. The fourth-order valence-electron chi connectivity index (χ4n) is 5.86. The highest BCUT2D eigenvalue weighted by atomic mass is 16.5. The summed E-state index contributed by atoms with van der Waals surface area (Å²) in [6.07, 6.45) is 5.59. The second-order valence-corrected chi connectivity index (χ2v) is 9.42. The lowest BCUT2D eigenvalue weighted by molar-refractivity contribution is -0.118. The Morgan fingerprint density at radius 3 is 2.53 bits per heavy atom. The van der Waals surface area contributed by atoms with E-state index in [1.165, 1.54) is 19.3 Å². The fourth-order valence-corrected chi connectivity index (χ4v) is 5.86. The lowest BCUT2D eigenvalue weighted by Gasteiger charge is -2.36. The highest BCUT2D eigenvalue weighted by Gasteiger charge is 2.40. The molecule has 2 heterocycles. The SMILES string of the molecule is CC1CN(c2nn(NC(=O)C[C@H]3C[C@@H]4CC[C@H]3C4)c(=O)c3ccccc23)CC(C)O1. The summed E-state index contributed by atoms with van der Waals surface area (Å²) in [6.45, 7) is 5.47. The van der Waals surface area contributed by atoms with Gasteiger partial charge in [-0.3, -0.25) is 9.59 Å². The van der Waals surface area contributed by atoms with Crippen molar-refractivity contribution in [3.8, 4) is 0 Å². The molecule has 5 atom stereocenters. The van der Waals surface area contributed by atoms with Gasteiger partial charge in [0.05, 0.1) is 17.6 Å². The van der Waals surface area contributed by atoms with Gasteiger partial charge in [-0.05, 0) is 56.9 Å². The number of benzene rings is 1. The minimum absolute atomic E-state index is 0.0714. The second kappa shape index (κ2) is 7.69. The maximum absolute atomic E-state index is 13.0. The van der Waals surface area contributed by atoms with E-state index in [0.29, 0.717) is 42.6 Å². The number of carbonyl (C=O) groups is 1. The second-order valence-electron chi connectivity index (χ2n) is 9.42. The summed E-state index contributed by atoms with van der Waals surface area (Å²) in [5.74, 6) is 2.51. The van der Waals surface area contributed by atoms with Crippen molar-refractivity contribution in [3.05, 3.63) is 34.6 Å². The molecule has 3 aliphatic rings. The van der Waals surface area contributed by atoms with Gasteiger partial charge >= 0.3 is 0 Å². The Bertz CT molecular complexity index is 1010. The fraction of sp³-hybridized carbons (Fsp3) is 0.609. The molecule has 30 heavy (non-hydrogen) atoms. The molecule has 2 bridgehead atoms. The minimum Gasteiger partial charge on any atom is -0.372 e. The quantitative estimate of drug-likeness (QED) is 0.839. The van der Waals surface area contributed by atoms with Gasteiger partial charge in [0, 0.05) is 24.9 Å². The first-order valence-corrected chi connectivity index (χ1v) is 11.2. The van der Waals surface area contributed by atoms with Crippen LogP contribution in [0, 0.1) is 17.8 Å². The molecule has 0 spiro atoms. The highest BCUT2D eigenvalue weighted by molar-refractivity contribution is 5.92. The maximum Gasteiger partial charge on any atom is 0.294 e. The van der Waals surface area contributed by atoms with Crippen LogP contribution in [-0.2, 0) is 9.53 Å². The van der Waals surface area contributed by atoms with Crippen LogP contribution >= 0.6 is 0 Å². The number of anilines is 1. The monoisotopic (exact) mass is 410 g/mol. The molecule has 2 aromatic rings. The summed E-state index contributed by atoms with van der Waals surface area (Å²) in [4.78, 5) is 29.1. The summed E-state index contributed by atoms with van der Waals surface area (Å²) >= 11 is 0. The Morgan fingerprint density at radius 2 is 1.87 bits per heavy atom. The van der Waals surface area contributed by atoms with Gasteiger partial charge in [0.25, 0.3) is 5.56 Å². The van der Waals surface area contributed by atoms with Crippen molar-refractivity contribution in [2.45, 2.75) is 58.2 Å². The topological polar surface area (TPSA) is 76.5 Å². The summed E-state index contributed by atoms with van der Waals surface area (Å²) in [6, 6.07) is 7.48. The van der Waals surface area contributed by atoms with Gasteiger partial charge < -0.3 is 9.64 Å². The number of fused-ring (bicyclic) bond motifs is 3. The van der Waals surface area contributed by atoms with Crippen LogP contribution in [0.4, 0.5) is 5.82 Å². The summed E-state index contributed by atoms with van der Waals surface area (Å²) < 4.78 is 5.86. The number of aromatic nitrogens is 2. The maximum atomic E-state index is 13.0. The molecule has 7 heteroatoms. The lowest BCUT2D eigenvalue weighted by Crippen LogP contribution is -2.47. The number of rotatable bonds is 4. The Hall–Kier alpha value is -2.41. The van der Waals surface area contributed by atoms with E-state index in [9.17, 15) is 9.59 Å². The lowest BCUT2D eigenvalue weighted by atomic mass is 9.86. The van der Waals surface area contributed by atoms with Crippen LogP contribution in [0.3, 0.4) is 0 Å². The number of amides is 1. The largest absolute Gasteiger partial charge is 0.372 e. The van der Waals surface area contributed by atoms with Crippen molar-refractivity contribution in [3.63, 3.8) is 0 Å². The molecule has 160 valence electrons. The van der Waals surface area contributed by atoms with Crippen LogP contribution in [0.1, 0.15) is 46.0 Å². The molecule has 2 saturated carbocycles. The van der Waals surface area contributed by atoms with E-state index in [0.717, 1.165) is 22.5 Å². The van der Waals surface area contributed by atoms with Crippen LogP contribution < -0.4 is 15.9 Å². The molecule has 0 radical (unpaired) electrons. The zero-order chi connectivity index (χ0) is 20.8. The van der Waals surface area contributed by atoms with Crippen LogP contribution in [0.5, 0.6) is 0 Å². The molecule has 1 aliphatic heterocycles. The van der Waals surface area contributed by atoms with E-state index in [4.69, 9.17) is 4.74 Å². The molecular weight excluding hydrogens is 380 g/mol. The van der Waals surface area contributed by atoms with Crippen LogP contribution in [0.2, 0.25) is 0 Å². The molecule has 1 N–H and O–H groups in total. The third-order valence-corrected chi connectivity index (χ3v) is 7.07. The average molecular weight is 411 g/mol. The Balaban J connectivity index is 1.44. The van der Waals surface area contributed by atoms with Gasteiger partial charge in [0.1, 0.15) is 0 Å². The van der Waals surface area contributed by atoms with E-state index in [2.05, 4.69) is 15.4 Å². The standard InChI is InChI=1S/C23H30N4O3/c1-14-12-26(13-15(2)30-14)22-19-5-3-4-6-20(19)23(29)27(25-22)24-21(28)11-18-10-16-7-8-17(18)9-16/h3-6,14-18H,7-13H2,1-2H3,(H,24,28)/t14?,15?,16-,17+,18-/m1/s1. The van der Waals surface area contributed by atoms with E-state index in [1.54, 1.807) is 6.07 Å². The molecule has 7 nitrogen and oxygen atoms in total. The zero-order valence-electron chi connectivity index (χ0n) is 17.7. The Kier molecular flexibility index (Phi) is 5.01. The van der Waals surface area contributed by atoms with Crippen molar-refractivity contribution >= 4 is 22.5 Å². The third kappa shape index (κ3) is 3.60. The molecule has 2 unspecified atom stereocenters. The first-order valence-electron chi connectivity index (χ1n) is 11.2. The Labute approximate surface area is 176 Å². The average Bonchev–Trinajstić information content (AvgIpc) is 3.32. The van der Waals surface area contributed by atoms with Crippen LogP contribution in [0.25, 0.3) is 10.8 Å². The van der Waals surface area contributed by atoms with Crippen LogP contribution in [0.15, 0.2) is 29.1 Å². The third-order valence-electron chi connectivity index (χ3n) is 7.07. The molecule has 1 aromatic carbocycles. The van der Waals surface area contributed by atoms with E-state index in [-0.39, 0.29) is 23.7 Å². The number of nitrogens with one attached hydrogen (secondary N) is 1. The molecule has 1 saturated heterocycles. The van der Waals surface area contributed by atoms with Crippen molar-refractivity contribution in [2.24, 2.45) is 17.8 Å². The van der Waals surface area contributed by atoms with Gasteiger partial charge in [0.15, 0.2) is 5.82 Å². The number of nitrogens with zero attached hydrogens (tertiary/aromatic N) is 3. The number of ether oxygens (including phenoxy) is 1. The molecule has 5 rings (SSSR count). The van der Waals surface area contributed by atoms with Gasteiger partial charge in [-0.1, -0.05) is 24.6 Å². The van der Waals surface area contributed by atoms with Gasteiger partial charge in [0.2, 0.25) is 5.91 Å². The molecule has 1 aromatic heterocycles. The normalized spacial score (nSPS) is 30.7. The summed E-state index contributed by atoms with van der Waals surface area (Å²) in [7, 11) is 0. The van der Waals surface area contributed by atoms with Crippen LogP contribution in [-0.4, -0.2) is 41.1 Å². The number of hydrogen-bond donors (Lipinski definition) is 1. The highest BCUT2D eigenvalue weighted by Crippen LogP contribution is 2.49. The predicted octanol–water partition coefficient (Wildman–Crippen LogP) is 2.91. The molecule has 1 amide bonds. The van der Waals surface area contributed by atoms with Gasteiger partial charge in [-0.25, -0.2) is 5.43 Å². The summed E-state index contributed by atoms with van der Waals surface area (Å²) in [5.41, 5.74) is 2.50. The van der Waals surface area contributed by atoms with E-state index in [1.807, 2.05) is 32.0 Å². The zero-order valence-corrected chi connectivity index (χ0v) is 17.7. The Morgan fingerprint density at radius 1 is 1.13 bits per heavy atom. The minimum atomic E-state index is -0.287. The van der Waals surface area contributed by atoms with Crippen molar-refractivity contribution < 1.29 is 9.53 Å². The smallest absolute Gasteiger partial charge is 0.294 e. The molecular formula is C23H30N4O3. The van der Waals surface area contributed by atoms with Gasteiger partial charge in [-0.15, -0.1) is 9.89 Å². The van der Waals surface area contributed by atoms with Crippen molar-refractivity contribution in [2.75, 3.05) is 23.4 Å². The molecule has 3 fully saturated rings. The number of morpholine rings is 1. The molecule has 2 aliphatic carbocycles. The number of carbonyl (C=O) groups excluding carboxylic acids is 1. The summed E-state index contributed by atoms with van der Waals surface area (Å²) in [5, 5.41) is 5.97. The van der Waals surface area contributed by atoms with E-state index >= 15 is 0 Å². The first kappa shape index (κ1) is 19.5. The predicted molar refractivity (Wildman–Crippen MR) is 116 cm³/mol. The first-order chi connectivity index (χ1) is 14.5. The van der Waals surface area contributed by atoms with Crippen molar-refractivity contribution in [1.29, 1.82) is 0 Å². The van der Waals surface area contributed by atoms with Crippen molar-refractivity contribution in [1.82, 2.24) is 9.89 Å². The van der Waals surface area contributed by atoms with Gasteiger partial charge in [-0.2, -0.15) is 0 Å².